The standard InChI is InChI=1S/C22H27ClN2O6S/c1-29-19-8-7-16(32(27,28)25-10-4-5-11-25)12-15(19)6-9-22(26)24-18-14-20(30-2)17(23)13-21(18)31-3/h7-8,12-14H,4-6,9-11H2,1-3H3,(H,24,26). The Balaban J connectivity index is 1.76. The van der Waals surface area contributed by atoms with Gasteiger partial charge in [0.05, 0.1) is 36.9 Å². The first-order chi connectivity index (χ1) is 15.3. The van der Waals surface area contributed by atoms with Crippen LogP contribution >= 0.6 is 11.6 Å². The third kappa shape index (κ3) is 5.28. The lowest BCUT2D eigenvalue weighted by Crippen LogP contribution is -2.28. The molecule has 1 fully saturated rings. The highest BCUT2D eigenvalue weighted by atomic mass is 35.5. The highest BCUT2D eigenvalue weighted by Gasteiger charge is 2.28. The van der Waals surface area contributed by atoms with Crippen LogP contribution in [-0.4, -0.2) is 53.0 Å². The first-order valence-electron chi connectivity index (χ1n) is 10.2. The smallest absolute Gasteiger partial charge is 0.243 e. The van der Waals surface area contributed by atoms with E-state index in [0.717, 1.165) is 12.8 Å². The molecule has 1 aliphatic rings. The van der Waals surface area contributed by atoms with Crippen LogP contribution in [0.5, 0.6) is 17.2 Å². The molecule has 32 heavy (non-hydrogen) atoms. The van der Waals surface area contributed by atoms with Gasteiger partial charge in [-0.1, -0.05) is 11.6 Å². The van der Waals surface area contributed by atoms with Gasteiger partial charge >= 0.3 is 0 Å². The monoisotopic (exact) mass is 482 g/mol. The zero-order chi connectivity index (χ0) is 23.3. The number of hydrogen-bond donors (Lipinski definition) is 1. The van der Waals surface area contributed by atoms with Crippen LogP contribution in [0.4, 0.5) is 5.69 Å². The number of halogens is 1. The summed E-state index contributed by atoms with van der Waals surface area (Å²) < 4.78 is 43.1. The molecule has 2 aromatic rings. The number of nitrogens with zero attached hydrogens (tertiary/aromatic N) is 1. The van der Waals surface area contributed by atoms with Gasteiger partial charge in [0.1, 0.15) is 17.2 Å². The van der Waals surface area contributed by atoms with Crippen molar-refractivity contribution in [2.45, 2.75) is 30.6 Å². The molecule has 0 aromatic heterocycles. The van der Waals surface area contributed by atoms with Crippen LogP contribution in [0.1, 0.15) is 24.8 Å². The van der Waals surface area contributed by atoms with Crippen molar-refractivity contribution in [1.29, 1.82) is 0 Å². The van der Waals surface area contributed by atoms with Gasteiger partial charge in [-0.3, -0.25) is 4.79 Å². The Kier molecular flexibility index (Phi) is 7.86. The molecule has 0 aliphatic carbocycles. The number of amides is 1. The van der Waals surface area contributed by atoms with E-state index in [2.05, 4.69) is 5.32 Å². The number of carbonyl (C=O) groups is 1. The van der Waals surface area contributed by atoms with E-state index in [1.54, 1.807) is 30.3 Å². The van der Waals surface area contributed by atoms with Gasteiger partial charge in [0.25, 0.3) is 0 Å². The Hall–Kier alpha value is -2.49. The second kappa shape index (κ2) is 10.4. The second-order valence-electron chi connectivity index (χ2n) is 7.32. The highest BCUT2D eigenvalue weighted by Crippen LogP contribution is 2.36. The lowest BCUT2D eigenvalue weighted by atomic mass is 10.1. The molecule has 1 aliphatic heterocycles. The van der Waals surface area contributed by atoms with E-state index >= 15 is 0 Å². The molecule has 8 nitrogen and oxygen atoms in total. The number of methoxy groups -OCH3 is 3. The predicted molar refractivity (Wildman–Crippen MR) is 122 cm³/mol. The highest BCUT2D eigenvalue weighted by molar-refractivity contribution is 7.89. The summed E-state index contributed by atoms with van der Waals surface area (Å²) >= 11 is 6.11. The molecule has 1 heterocycles. The van der Waals surface area contributed by atoms with Crippen LogP contribution in [0.3, 0.4) is 0 Å². The number of rotatable bonds is 9. The van der Waals surface area contributed by atoms with Crippen molar-refractivity contribution in [3.8, 4) is 17.2 Å². The van der Waals surface area contributed by atoms with Crippen LogP contribution in [0.25, 0.3) is 0 Å². The molecule has 1 amide bonds. The first-order valence-corrected chi connectivity index (χ1v) is 12.0. The number of hydrogen-bond acceptors (Lipinski definition) is 6. The van der Waals surface area contributed by atoms with Crippen molar-refractivity contribution in [2.24, 2.45) is 0 Å². The largest absolute Gasteiger partial charge is 0.496 e. The number of aryl methyl sites for hydroxylation is 1. The van der Waals surface area contributed by atoms with Crippen LogP contribution in [0.2, 0.25) is 5.02 Å². The van der Waals surface area contributed by atoms with Crippen LogP contribution in [-0.2, 0) is 21.2 Å². The summed E-state index contributed by atoms with van der Waals surface area (Å²) in [5, 5.41) is 3.15. The van der Waals surface area contributed by atoms with Gasteiger partial charge in [-0.05, 0) is 43.0 Å². The summed E-state index contributed by atoms with van der Waals surface area (Å²) in [5.74, 6) is 1.07. The Bertz CT molecular complexity index is 1080. The number of nitrogens with one attached hydrogen (secondary N) is 1. The van der Waals surface area contributed by atoms with Crippen molar-refractivity contribution in [1.82, 2.24) is 4.31 Å². The predicted octanol–water partition coefficient (Wildman–Crippen LogP) is 3.72. The van der Waals surface area contributed by atoms with Crippen LogP contribution in [0.15, 0.2) is 35.2 Å². The van der Waals surface area contributed by atoms with Crippen molar-refractivity contribution in [3.05, 3.63) is 40.9 Å². The topological polar surface area (TPSA) is 94.2 Å². The molecule has 0 unspecified atom stereocenters. The lowest BCUT2D eigenvalue weighted by molar-refractivity contribution is -0.116. The molecule has 0 atom stereocenters. The first kappa shape index (κ1) is 24.2. The molecule has 0 bridgehead atoms. The Morgan fingerprint density at radius 2 is 1.66 bits per heavy atom. The van der Waals surface area contributed by atoms with Crippen molar-refractivity contribution in [3.63, 3.8) is 0 Å². The number of carbonyl (C=O) groups excluding carboxylic acids is 1. The van der Waals surface area contributed by atoms with Crippen molar-refractivity contribution >= 4 is 33.2 Å². The summed E-state index contributed by atoms with van der Waals surface area (Å²) in [6.45, 7) is 1.05. The molecule has 0 spiro atoms. The summed E-state index contributed by atoms with van der Waals surface area (Å²) in [7, 11) is 0.911. The molecular formula is C22H27ClN2O6S. The molecule has 1 N–H and O–H groups in total. The van der Waals surface area contributed by atoms with E-state index in [0.29, 0.717) is 53.0 Å². The fraction of sp³-hybridized carbons (Fsp3) is 0.409. The Morgan fingerprint density at radius 1 is 1.00 bits per heavy atom. The lowest BCUT2D eigenvalue weighted by Gasteiger charge is -2.17. The maximum atomic E-state index is 12.9. The second-order valence-corrected chi connectivity index (χ2v) is 9.67. The number of benzene rings is 2. The number of sulfonamides is 1. The quantitative estimate of drug-likeness (QED) is 0.585. The van der Waals surface area contributed by atoms with Crippen LogP contribution < -0.4 is 19.5 Å². The van der Waals surface area contributed by atoms with E-state index in [1.807, 2.05) is 0 Å². The molecule has 174 valence electrons. The van der Waals surface area contributed by atoms with Gasteiger partial charge in [0, 0.05) is 31.6 Å². The summed E-state index contributed by atoms with van der Waals surface area (Å²) in [4.78, 5) is 12.8. The average molecular weight is 483 g/mol. The van der Waals surface area contributed by atoms with Crippen LogP contribution in [0, 0.1) is 0 Å². The van der Waals surface area contributed by atoms with Crippen molar-refractivity contribution in [2.75, 3.05) is 39.7 Å². The molecule has 0 radical (unpaired) electrons. The summed E-state index contributed by atoms with van der Waals surface area (Å²) in [6, 6.07) is 7.91. The SMILES string of the molecule is COc1cc(NC(=O)CCc2cc(S(=O)(=O)N3CCCC3)ccc2OC)c(OC)cc1Cl. The van der Waals surface area contributed by atoms with E-state index in [9.17, 15) is 13.2 Å². The maximum Gasteiger partial charge on any atom is 0.243 e. The molecule has 1 saturated heterocycles. The van der Waals surface area contributed by atoms with Gasteiger partial charge in [-0.25, -0.2) is 8.42 Å². The fourth-order valence-electron chi connectivity index (χ4n) is 3.61. The molecule has 3 rings (SSSR count). The molecule has 2 aromatic carbocycles. The minimum atomic E-state index is -3.56. The molecule has 10 heteroatoms. The Morgan fingerprint density at radius 3 is 2.28 bits per heavy atom. The van der Waals surface area contributed by atoms with Gasteiger partial charge < -0.3 is 19.5 Å². The number of anilines is 1. The van der Waals surface area contributed by atoms with E-state index in [4.69, 9.17) is 25.8 Å². The average Bonchev–Trinajstić information content (AvgIpc) is 3.34. The van der Waals surface area contributed by atoms with Crippen molar-refractivity contribution < 1.29 is 27.4 Å². The number of ether oxygens (including phenoxy) is 3. The van der Waals surface area contributed by atoms with E-state index < -0.39 is 10.0 Å². The zero-order valence-electron chi connectivity index (χ0n) is 18.3. The van der Waals surface area contributed by atoms with Gasteiger partial charge in [0.15, 0.2) is 0 Å². The zero-order valence-corrected chi connectivity index (χ0v) is 19.9. The third-order valence-corrected chi connectivity index (χ3v) is 7.51. The summed E-state index contributed by atoms with van der Waals surface area (Å²) in [5.41, 5.74) is 1.07. The van der Waals surface area contributed by atoms with Gasteiger partial charge in [-0.2, -0.15) is 4.31 Å². The minimum absolute atomic E-state index is 0.109. The minimum Gasteiger partial charge on any atom is -0.496 e. The molecular weight excluding hydrogens is 456 g/mol. The van der Waals surface area contributed by atoms with E-state index in [-0.39, 0.29) is 17.2 Å². The Labute approximate surface area is 193 Å². The normalized spacial score (nSPS) is 14.2. The van der Waals surface area contributed by atoms with Gasteiger partial charge in [0.2, 0.25) is 15.9 Å². The third-order valence-electron chi connectivity index (χ3n) is 5.32. The molecule has 0 saturated carbocycles. The van der Waals surface area contributed by atoms with E-state index in [1.165, 1.54) is 25.6 Å². The maximum absolute atomic E-state index is 12.9. The fourth-order valence-corrected chi connectivity index (χ4v) is 5.41. The summed E-state index contributed by atoms with van der Waals surface area (Å²) in [6.07, 6.45) is 2.13. The van der Waals surface area contributed by atoms with Gasteiger partial charge in [-0.15, -0.1) is 0 Å².